The highest BCUT2D eigenvalue weighted by molar-refractivity contribution is 7.92. The van der Waals surface area contributed by atoms with Gasteiger partial charge < -0.3 is 10.5 Å². The van der Waals surface area contributed by atoms with Crippen LogP contribution in [-0.2, 0) is 16.4 Å². The van der Waals surface area contributed by atoms with Crippen molar-refractivity contribution in [3.05, 3.63) is 84.3 Å². The molecule has 0 spiro atoms. The molecule has 0 aliphatic carbocycles. The Kier molecular flexibility index (Phi) is 6.01. The summed E-state index contributed by atoms with van der Waals surface area (Å²) in [4.78, 5) is 19.7. The van der Waals surface area contributed by atoms with Crippen molar-refractivity contribution >= 4 is 26.6 Å². The van der Waals surface area contributed by atoms with Crippen LogP contribution in [0.2, 0.25) is 0 Å². The fourth-order valence-corrected chi connectivity index (χ4v) is 4.30. The zero-order chi connectivity index (χ0) is 24.5. The maximum atomic E-state index is 13.5. The summed E-state index contributed by atoms with van der Waals surface area (Å²) < 4.78 is 57.0. The van der Waals surface area contributed by atoms with Gasteiger partial charge in [0, 0.05) is 24.7 Å². The third-order valence-corrected chi connectivity index (χ3v) is 7.01. The van der Waals surface area contributed by atoms with E-state index >= 15 is 0 Å². The Bertz CT molecular complexity index is 1480. The molecule has 2 N–H and O–H groups in total. The van der Waals surface area contributed by atoms with Crippen molar-refractivity contribution < 1.29 is 26.7 Å². The van der Waals surface area contributed by atoms with E-state index in [1.165, 1.54) is 18.3 Å². The molecule has 4 rings (SSSR count). The van der Waals surface area contributed by atoms with Crippen molar-refractivity contribution in [2.24, 2.45) is 5.73 Å². The van der Waals surface area contributed by atoms with Gasteiger partial charge in [0.25, 0.3) is 5.91 Å². The van der Waals surface area contributed by atoms with E-state index < -0.39 is 25.9 Å². The van der Waals surface area contributed by atoms with Crippen molar-refractivity contribution in [2.75, 3.05) is 0 Å². The summed E-state index contributed by atoms with van der Waals surface area (Å²) in [6.07, 6.45) is 3.13. The summed E-state index contributed by atoms with van der Waals surface area (Å²) in [5.74, 6) is -0.182. The minimum Gasteiger partial charge on any atom is -0.487 e. The van der Waals surface area contributed by atoms with Gasteiger partial charge in [-0.15, -0.1) is 0 Å². The molecular formula is C24H19F2N3O4S. The number of hydrogen-bond donors (Lipinski definition) is 1. The number of ether oxygens (including phenoxy) is 1. The molecule has 2 aromatic carbocycles. The maximum absolute atomic E-state index is 13.5. The van der Waals surface area contributed by atoms with Crippen LogP contribution in [0.5, 0.6) is 5.75 Å². The minimum absolute atomic E-state index is 0.0324. The second kappa shape index (κ2) is 8.79. The molecule has 2 aromatic heterocycles. The average Bonchev–Trinajstić information content (AvgIpc) is 2.82. The summed E-state index contributed by atoms with van der Waals surface area (Å²) in [6.45, 7) is 0.315. The number of halogens is 2. The highest BCUT2D eigenvalue weighted by Crippen LogP contribution is 2.34. The number of rotatable bonds is 7. The van der Waals surface area contributed by atoms with Gasteiger partial charge in [0.15, 0.2) is 0 Å². The van der Waals surface area contributed by atoms with E-state index in [9.17, 15) is 22.0 Å². The highest BCUT2D eigenvalue weighted by atomic mass is 32.2. The number of pyridine rings is 2. The third kappa shape index (κ3) is 4.44. The lowest BCUT2D eigenvalue weighted by Crippen LogP contribution is -2.24. The first-order valence-electron chi connectivity index (χ1n) is 10.1. The van der Waals surface area contributed by atoms with Crippen LogP contribution in [-0.4, -0.2) is 29.5 Å². The number of primary amides is 1. The molecule has 10 heteroatoms. The summed E-state index contributed by atoms with van der Waals surface area (Å²) in [6, 6.07) is 15.4. The van der Waals surface area contributed by atoms with Gasteiger partial charge in [0.1, 0.15) is 12.4 Å². The number of amides is 1. The van der Waals surface area contributed by atoms with E-state index in [0.29, 0.717) is 40.4 Å². The van der Waals surface area contributed by atoms with Gasteiger partial charge >= 0.3 is 5.25 Å². The molecule has 0 aliphatic heterocycles. The number of carbonyl (C=O) groups excluding carboxylic acids is 1. The van der Waals surface area contributed by atoms with Gasteiger partial charge in [-0.1, -0.05) is 12.1 Å². The van der Waals surface area contributed by atoms with E-state index in [0.717, 1.165) is 12.1 Å². The van der Waals surface area contributed by atoms with Crippen molar-refractivity contribution in [3.8, 4) is 16.9 Å². The number of alkyl halides is 2. The first kappa shape index (κ1) is 23.2. The molecule has 0 radical (unpaired) electrons. The first-order valence-corrected chi connectivity index (χ1v) is 11.5. The summed E-state index contributed by atoms with van der Waals surface area (Å²) >= 11 is 0. The Morgan fingerprint density at radius 1 is 1.00 bits per heavy atom. The van der Waals surface area contributed by atoms with Crippen LogP contribution < -0.4 is 10.5 Å². The largest absolute Gasteiger partial charge is 0.487 e. The molecular weight excluding hydrogens is 464 g/mol. The average molecular weight is 483 g/mol. The fraction of sp³-hybridized carbons (Fsp3) is 0.125. The van der Waals surface area contributed by atoms with Crippen LogP contribution in [0.1, 0.15) is 23.0 Å². The molecule has 174 valence electrons. The number of nitrogens with two attached hydrogens (primary N) is 1. The van der Waals surface area contributed by atoms with Crippen LogP contribution in [0.4, 0.5) is 8.78 Å². The van der Waals surface area contributed by atoms with Crippen molar-refractivity contribution in [1.29, 1.82) is 0 Å². The Morgan fingerprint density at radius 3 is 2.35 bits per heavy atom. The molecule has 0 bridgehead atoms. The molecule has 0 atom stereocenters. The van der Waals surface area contributed by atoms with Crippen molar-refractivity contribution in [1.82, 2.24) is 9.97 Å². The molecule has 4 aromatic rings. The monoisotopic (exact) mass is 483 g/mol. The van der Waals surface area contributed by atoms with Crippen LogP contribution in [0.3, 0.4) is 0 Å². The number of benzene rings is 2. The normalized spacial score (nSPS) is 12.0. The Hall–Kier alpha value is -3.92. The predicted molar refractivity (Wildman–Crippen MR) is 122 cm³/mol. The third-order valence-electron chi connectivity index (χ3n) is 5.17. The molecule has 0 saturated carbocycles. The van der Waals surface area contributed by atoms with Crippen LogP contribution in [0.15, 0.2) is 78.0 Å². The Morgan fingerprint density at radius 2 is 1.68 bits per heavy atom. The standard InChI is InChI=1S/C24H19F2N3O4S/c1-24(25,26)34(31,32)17-8-6-15(7-9-17)16-12-20-18(4-2-10-28-20)22(13-16)33-14-21-19(23(27)30)5-3-11-29-21/h2-13H,14H2,1H3,(H2,27,30). The zero-order valence-electron chi connectivity index (χ0n) is 17.9. The first-order chi connectivity index (χ1) is 16.1. The second-order valence-corrected chi connectivity index (χ2v) is 9.73. The number of carbonyl (C=O) groups is 1. The molecule has 1 amide bonds. The lowest BCUT2D eigenvalue weighted by atomic mass is 10.0. The number of sulfone groups is 1. The van der Waals surface area contributed by atoms with Gasteiger partial charge in [0.05, 0.1) is 21.7 Å². The number of aromatic nitrogens is 2. The second-order valence-electron chi connectivity index (χ2n) is 7.53. The summed E-state index contributed by atoms with van der Waals surface area (Å²) in [5.41, 5.74) is 7.82. The molecule has 0 fully saturated rings. The lowest BCUT2D eigenvalue weighted by molar-refractivity contribution is 0.0997. The fourth-order valence-electron chi connectivity index (χ4n) is 3.39. The minimum atomic E-state index is -4.78. The molecule has 7 nitrogen and oxygen atoms in total. The van der Waals surface area contributed by atoms with E-state index in [2.05, 4.69) is 9.97 Å². The highest BCUT2D eigenvalue weighted by Gasteiger charge is 2.40. The molecule has 2 heterocycles. The van der Waals surface area contributed by atoms with Gasteiger partial charge in [-0.05, 0) is 59.7 Å². The van der Waals surface area contributed by atoms with Gasteiger partial charge in [-0.25, -0.2) is 8.42 Å². The predicted octanol–water partition coefficient (Wildman–Crippen LogP) is 4.36. The topological polar surface area (TPSA) is 112 Å². The SMILES string of the molecule is CC(F)(F)S(=O)(=O)c1ccc(-c2cc(OCc3ncccc3C(N)=O)c3cccnc3c2)cc1. The van der Waals surface area contributed by atoms with Crippen molar-refractivity contribution in [3.63, 3.8) is 0 Å². The van der Waals surface area contributed by atoms with E-state index in [1.54, 1.807) is 36.5 Å². The summed E-state index contributed by atoms with van der Waals surface area (Å²) in [5, 5.41) is -3.19. The molecule has 0 aliphatic rings. The van der Waals surface area contributed by atoms with Gasteiger partial charge in [-0.3, -0.25) is 14.8 Å². The Labute approximate surface area is 194 Å². The molecule has 34 heavy (non-hydrogen) atoms. The van der Waals surface area contributed by atoms with Gasteiger partial charge in [-0.2, -0.15) is 8.78 Å². The van der Waals surface area contributed by atoms with E-state index in [4.69, 9.17) is 10.5 Å². The molecule has 0 unspecified atom stereocenters. The zero-order valence-corrected chi connectivity index (χ0v) is 18.7. The quantitative estimate of drug-likeness (QED) is 0.418. The number of nitrogens with zero attached hydrogens (tertiary/aromatic N) is 2. The van der Waals surface area contributed by atoms with Gasteiger partial charge in [0.2, 0.25) is 9.84 Å². The van der Waals surface area contributed by atoms with E-state index in [-0.39, 0.29) is 12.2 Å². The van der Waals surface area contributed by atoms with Crippen LogP contribution in [0.25, 0.3) is 22.0 Å². The number of fused-ring (bicyclic) bond motifs is 1. The van der Waals surface area contributed by atoms with Crippen LogP contribution in [0, 0.1) is 0 Å². The smallest absolute Gasteiger partial charge is 0.347 e. The Balaban J connectivity index is 1.72. The van der Waals surface area contributed by atoms with Crippen molar-refractivity contribution in [2.45, 2.75) is 23.7 Å². The molecule has 0 saturated heterocycles. The maximum Gasteiger partial charge on any atom is 0.347 e. The van der Waals surface area contributed by atoms with E-state index in [1.807, 2.05) is 6.07 Å². The van der Waals surface area contributed by atoms with Crippen LogP contribution >= 0.6 is 0 Å². The number of hydrogen-bond acceptors (Lipinski definition) is 6. The lowest BCUT2D eigenvalue weighted by Gasteiger charge is -2.14. The summed E-state index contributed by atoms with van der Waals surface area (Å²) in [7, 11) is -4.78.